The van der Waals surface area contributed by atoms with Gasteiger partial charge < -0.3 is 59.2 Å². The second-order valence-electron chi connectivity index (χ2n) is 19.6. The van der Waals surface area contributed by atoms with Gasteiger partial charge in [-0.1, -0.05) is 54.6 Å². The summed E-state index contributed by atoms with van der Waals surface area (Å²) in [6.07, 6.45) is 8.77. The van der Waals surface area contributed by atoms with Crippen LogP contribution in [0.25, 0.3) is 90.9 Å². The number of rotatable bonds is 24. The molecule has 0 spiro atoms. The number of carboxylic acids is 3. The van der Waals surface area contributed by atoms with E-state index >= 15 is 0 Å². The minimum atomic E-state index is -1.08. The third kappa shape index (κ3) is 13.9. The highest BCUT2D eigenvalue weighted by Crippen LogP contribution is 2.39. The van der Waals surface area contributed by atoms with E-state index in [-0.39, 0.29) is 86.8 Å². The molecule has 0 aliphatic carbocycles. The molecule has 8 bridgehead atoms. The second-order valence-corrected chi connectivity index (χ2v) is 19.6. The summed E-state index contributed by atoms with van der Waals surface area (Å²) in [6, 6.07) is 38.6. The van der Waals surface area contributed by atoms with Gasteiger partial charge in [-0.25, -0.2) is 29.1 Å². The summed E-state index contributed by atoms with van der Waals surface area (Å²) >= 11 is 0. The Kier molecular flexibility index (Phi) is 18.1. The summed E-state index contributed by atoms with van der Waals surface area (Å²) in [5, 5.41) is 48.5. The molecule has 430 valence electrons. The highest BCUT2D eigenvalue weighted by molar-refractivity contribution is 6.01. The number of aromatic amines is 2. The minimum absolute atomic E-state index is 0.0112. The molecule has 19 nitrogen and oxygen atoms in total. The van der Waals surface area contributed by atoms with Crippen molar-refractivity contribution in [1.29, 1.82) is 0 Å². The first-order valence-corrected chi connectivity index (χ1v) is 27.1. The zero-order chi connectivity index (χ0) is 59.4. The lowest BCUT2D eigenvalue weighted by molar-refractivity contribution is -0.145. The van der Waals surface area contributed by atoms with E-state index in [2.05, 4.69) is 9.97 Å². The van der Waals surface area contributed by atoms with Crippen molar-refractivity contribution in [2.45, 2.75) is 19.3 Å². The number of hydrogen-bond donors (Lipinski definition) is 7. The highest BCUT2D eigenvalue weighted by Gasteiger charge is 2.21. The van der Waals surface area contributed by atoms with Crippen LogP contribution >= 0.6 is 0 Å². The number of carbonyl (C=O) groups excluding carboxylic acids is 2. The normalized spacial score (nSPS) is 11.6. The number of aromatic hydroxyl groups is 2. The highest BCUT2D eigenvalue weighted by atomic mass is 16.6. The first kappa shape index (κ1) is 57.8. The Labute approximate surface area is 485 Å². The van der Waals surface area contributed by atoms with Gasteiger partial charge in [0.15, 0.2) is 11.5 Å². The number of hydrogen-bond acceptors (Lipinski definition) is 14. The zero-order valence-corrected chi connectivity index (χ0v) is 45.6. The van der Waals surface area contributed by atoms with Crippen LogP contribution in [0.3, 0.4) is 0 Å². The second kappa shape index (κ2) is 26.6. The number of phenolic OH excluding ortho intramolecular Hbond substituents is 2. The topological polar surface area (TPSA) is 290 Å². The first-order chi connectivity index (χ1) is 41.3. The van der Waals surface area contributed by atoms with Crippen molar-refractivity contribution in [2.24, 2.45) is 0 Å². The molecule has 8 aromatic rings. The van der Waals surface area contributed by atoms with Crippen molar-refractivity contribution in [3.05, 3.63) is 190 Å². The van der Waals surface area contributed by atoms with E-state index in [0.29, 0.717) is 114 Å². The number of H-pyrrole nitrogens is 2. The number of phenols is 2. The van der Waals surface area contributed by atoms with E-state index in [0.717, 1.165) is 5.56 Å². The van der Waals surface area contributed by atoms with E-state index < -0.39 is 23.9 Å². The summed E-state index contributed by atoms with van der Waals surface area (Å²) in [7, 11) is 0. The van der Waals surface area contributed by atoms with Gasteiger partial charge in [0.2, 0.25) is 0 Å². The molecule has 0 saturated heterocycles. The van der Waals surface area contributed by atoms with Gasteiger partial charge in [-0.15, -0.1) is 0 Å². The van der Waals surface area contributed by atoms with E-state index in [1.165, 1.54) is 48.5 Å². The number of nitrogens with one attached hydrogen (secondary N) is 2. The summed E-state index contributed by atoms with van der Waals surface area (Å²) in [5.74, 6) is -4.55. The van der Waals surface area contributed by atoms with Crippen molar-refractivity contribution in [3.8, 4) is 56.0 Å². The van der Waals surface area contributed by atoms with Gasteiger partial charge in [0, 0.05) is 50.7 Å². The maximum atomic E-state index is 13.4. The zero-order valence-electron chi connectivity index (χ0n) is 45.6. The molecule has 0 fully saturated rings. The number of esters is 2. The van der Waals surface area contributed by atoms with Gasteiger partial charge in [-0.2, -0.15) is 0 Å². The molecule has 2 aliphatic heterocycles. The summed E-state index contributed by atoms with van der Waals surface area (Å²) in [4.78, 5) is 79.0. The van der Waals surface area contributed by atoms with Crippen LogP contribution < -0.4 is 0 Å². The maximum absolute atomic E-state index is 13.4. The molecule has 10 rings (SSSR count). The van der Waals surface area contributed by atoms with Gasteiger partial charge in [-0.3, -0.25) is 4.79 Å². The van der Waals surface area contributed by atoms with E-state index in [1.807, 2.05) is 48.6 Å². The summed E-state index contributed by atoms with van der Waals surface area (Å²) < 4.78 is 27.4. The van der Waals surface area contributed by atoms with Crippen molar-refractivity contribution < 1.29 is 73.2 Å². The third-order valence-electron chi connectivity index (χ3n) is 14.0. The largest absolute Gasteiger partial charge is 0.504 e. The number of nitrogens with zero attached hydrogens (tertiary/aromatic N) is 2. The number of benzene rings is 5. The average molecular weight is 1150 g/mol. The van der Waals surface area contributed by atoms with Crippen molar-refractivity contribution in [1.82, 2.24) is 19.9 Å². The molecule has 3 aromatic heterocycles. The van der Waals surface area contributed by atoms with Crippen LogP contribution in [0.4, 0.5) is 0 Å². The van der Waals surface area contributed by atoms with Gasteiger partial charge in [0.05, 0.1) is 84.7 Å². The van der Waals surface area contributed by atoms with Gasteiger partial charge >= 0.3 is 29.8 Å². The van der Waals surface area contributed by atoms with Crippen LogP contribution in [0.15, 0.2) is 140 Å². The number of aromatic nitrogens is 4. The monoisotopic (exact) mass is 1140 g/mol. The predicted octanol–water partition coefficient (Wildman–Crippen LogP) is 11.6. The molecule has 0 amide bonds. The third-order valence-corrected chi connectivity index (χ3v) is 14.0. The number of carbonyl (C=O) groups is 5. The number of ether oxygens (including phenoxy) is 5. The maximum Gasteiger partial charge on any atom is 0.338 e. The van der Waals surface area contributed by atoms with Crippen LogP contribution in [-0.4, -0.2) is 128 Å². The number of carboxylic acid groups (broad SMARTS) is 3. The van der Waals surface area contributed by atoms with Crippen LogP contribution in [-0.2, 0) is 34.9 Å². The summed E-state index contributed by atoms with van der Waals surface area (Å²) in [5.41, 5.74) is 11.5. The Hall–Kier alpha value is -10.5. The van der Waals surface area contributed by atoms with Crippen LogP contribution in [0.1, 0.15) is 82.6 Å². The minimum Gasteiger partial charge on any atom is -0.504 e. The molecule has 85 heavy (non-hydrogen) atoms. The Balaban J connectivity index is 0.872. The lowest BCUT2D eigenvalue weighted by Gasteiger charge is -2.09. The lowest BCUT2D eigenvalue weighted by atomic mass is 10.0. The Morgan fingerprint density at radius 2 is 0.729 bits per heavy atom. The van der Waals surface area contributed by atoms with Crippen LogP contribution in [0, 0.1) is 0 Å². The van der Waals surface area contributed by atoms with Gasteiger partial charge in [-0.05, 0) is 150 Å². The molecule has 19 heteroatoms. The number of fused-ring (bicyclic) bond motifs is 8. The molecule has 0 atom stereocenters. The van der Waals surface area contributed by atoms with Crippen molar-refractivity contribution in [2.75, 3.05) is 52.9 Å². The van der Waals surface area contributed by atoms with Crippen LogP contribution in [0.5, 0.6) is 11.5 Å². The molecule has 5 aromatic carbocycles. The van der Waals surface area contributed by atoms with Gasteiger partial charge in [0.25, 0.3) is 0 Å². The molecular formula is C66H56N4O15. The molecule has 0 radical (unpaired) electrons. The lowest BCUT2D eigenvalue weighted by Crippen LogP contribution is -2.15. The first-order valence-electron chi connectivity index (χ1n) is 27.1. The van der Waals surface area contributed by atoms with Crippen LogP contribution in [0.2, 0.25) is 0 Å². The molecule has 7 N–H and O–H groups in total. The number of aryl methyl sites for hydroxylation is 1. The molecule has 0 saturated carbocycles. The summed E-state index contributed by atoms with van der Waals surface area (Å²) in [6.45, 7) is 1.53. The average Bonchev–Trinajstić information content (AvgIpc) is 3.35. The van der Waals surface area contributed by atoms with Gasteiger partial charge in [0.1, 0.15) is 13.2 Å². The fraction of sp³-hybridized carbons (Fsp3) is 0.167. The Bertz CT molecular complexity index is 4000. The number of aromatic carboxylic acids is 3. The van der Waals surface area contributed by atoms with E-state index in [9.17, 15) is 49.5 Å². The molecular weight excluding hydrogens is 1090 g/mol. The molecule has 0 unspecified atom stereocenters. The Morgan fingerprint density at radius 1 is 0.388 bits per heavy atom. The molecule has 5 heterocycles. The van der Waals surface area contributed by atoms with E-state index in [4.69, 9.17) is 33.7 Å². The van der Waals surface area contributed by atoms with Crippen molar-refractivity contribution in [3.63, 3.8) is 0 Å². The fourth-order valence-electron chi connectivity index (χ4n) is 9.80. The van der Waals surface area contributed by atoms with Crippen molar-refractivity contribution >= 4 is 76.2 Å². The SMILES string of the molecule is O=C(CCCc1ccc(O)c(O)c1)OCCOCCOCCOCCOC(=O)c1ccc(-c2c3nc(c(-c4ccc(C(=O)O)cc4)c4ccc([nH]4)c(-c4ccc(C(=O)O)cc4)c4nc(c(-c5ccc(C(=O)O)cc5)c5ccc2[nH]5)C=C4)C=C3)cc1. The molecule has 2 aliphatic rings. The van der Waals surface area contributed by atoms with E-state index in [1.54, 1.807) is 66.7 Å². The quantitative estimate of drug-likeness (QED) is 0.0168. The Morgan fingerprint density at radius 3 is 1.08 bits per heavy atom. The fourth-order valence-corrected chi connectivity index (χ4v) is 9.80. The standard InChI is InChI=1S/C66H56N4O15/c71-56-29-4-39(38-57(56)72)2-1-3-58(73)84-36-34-82-32-30-81-31-33-83-35-37-85-66(80)47-19-11-43(12-20-47)62-54-27-25-52(69-54)60(41-7-15-45(16-8-41)64(76)77)50-23-21-48(67-50)59(40-5-13-44(14-6-40)63(74)75)49-22-24-51(68-49)61(53-26-28-55(62)70-53)42-9-17-46(18-10-42)65(78)79/h4-29,38,67,70-72H,1-3,30-37H2,(H,74,75)(H,76,77)(H,78,79). The predicted molar refractivity (Wildman–Crippen MR) is 318 cm³/mol. The smallest absolute Gasteiger partial charge is 0.338 e.